The Morgan fingerprint density at radius 1 is 0.528 bits per heavy atom. The largest absolute Gasteiger partial charge is 0.432 e. The van der Waals surface area contributed by atoms with E-state index in [4.69, 9.17) is 52.1 Å². The Bertz CT molecular complexity index is 2370. The van der Waals surface area contributed by atoms with Crippen molar-refractivity contribution in [2.45, 2.75) is 266 Å². The summed E-state index contributed by atoms with van der Waals surface area (Å²) in [5, 5.41) is 216. The van der Waals surface area contributed by atoms with Crippen LogP contribution in [-0.2, 0) is 56.9 Å². The predicted molar refractivity (Wildman–Crippen MR) is 298 cm³/mol. The lowest BCUT2D eigenvalue weighted by molar-refractivity contribution is -0.400. The summed E-state index contributed by atoms with van der Waals surface area (Å²) < 4.78 is 66.1. The van der Waals surface area contributed by atoms with Gasteiger partial charge < -0.3 is 154 Å². The molecule has 514 valence electrons. The van der Waals surface area contributed by atoms with E-state index in [1.54, 1.807) is 29.5 Å². The molecule has 0 radical (unpaired) electrons. The average molecular weight is 1400 g/mol. The van der Waals surface area contributed by atoms with E-state index in [1.807, 2.05) is 0 Å². The van der Waals surface area contributed by atoms with Gasteiger partial charge in [-0.25, -0.2) is 0 Å². The van der Waals surface area contributed by atoms with Crippen LogP contribution in [-0.4, -0.2) is 329 Å². The molecule has 5 heterocycles. The van der Waals surface area contributed by atoms with Gasteiger partial charge in [-0.1, -0.05) is 49.4 Å². The van der Waals surface area contributed by atoms with Crippen LogP contribution in [0.2, 0.25) is 0 Å². The lowest BCUT2D eigenvalue weighted by atomic mass is 9.41. The normalized spacial score (nSPS) is 51.1. The summed E-state index contributed by atoms with van der Waals surface area (Å²) in [7, 11) is 0. The van der Waals surface area contributed by atoms with Crippen LogP contribution < -0.4 is 0 Å². The predicted octanol–water partition coefficient (Wildman–Crippen LogP) is -8.04. The van der Waals surface area contributed by atoms with Crippen molar-refractivity contribution < 1.29 is 159 Å². The summed E-state index contributed by atoms with van der Waals surface area (Å²) in [4.78, 5) is 15.3. The van der Waals surface area contributed by atoms with E-state index in [2.05, 4.69) is 13.5 Å². The van der Waals surface area contributed by atoms with Gasteiger partial charge in [-0.15, -0.1) is 0 Å². The van der Waals surface area contributed by atoms with Crippen LogP contribution in [0.3, 0.4) is 0 Å². The maximum Gasteiger partial charge on any atom is 0.314 e. The minimum Gasteiger partial charge on any atom is -0.432 e. The van der Waals surface area contributed by atoms with Crippen LogP contribution in [0.4, 0.5) is 0 Å². The van der Waals surface area contributed by atoms with Gasteiger partial charge in [-0.3, -0.25) is 4.79 Å². The van der Waals surface area contributed by atoms with Crippen LogP contribution in [0.15, 0.2) is 12.2 Å². The second-order valence-electron chi connectivity index (χ2n) is 26.3. The van der Waals surface area contributed by atoms with Crippen molar-refractivity contribution in [1.29, 1.82) is 0 Å². The van der Waals surface area contributed by atoms with E-state index in [0.717, 1.165) is 0 Å². The van der Waals surface area contributed by atoms with Crippen LogP contribution in [0.25, 0.3) is 0 Å². The Labute approximate surface area is 525 Å². The molecule has 2 bridgehead atoms. The van der Waals surface area contributed by atoms with E-state index < -0.39 is 249 Å². The zero-order chi connectivity index (χ0) is 65.3. The SMILES string of the molecule is C=C1CC23CCC4C(C)(C(=O)OC5OC(CO)C(O)C(OC6OC(CO)C(O)C(O)C6O)C5OC(O)C(O)C(O)C(O)C(C)I)CCCC4(C)C2CCC1(OC1OC(CO)C(O)C(OC2OC(CO)C(O)C(O)C2O)C1OC1OC(CO)C(O)C(O)C1O)C3. The molecule has 0 aromatic carbocycles. The molecule has 9 rings (SSSR count). The smallest absolute Gasteiger partial charge is 0.314 e. The maximum atomic E-state index is 15.3. The van der Waals surface area contributed by atoms with Gasteiger partial charge in [0.05, 0.1) is 50.2 Å². The van der Waals surface area contributed by atoms with Crippen molar-refractivity contribution in [3.63, 3.8) is 0 Å². The molecule has 0 amide bonds. The van der Waals surface area contributed by atoms with Gasteiger partial charge in [0.15, 0.2) is 37.6 Å². The topological polar surface area (TPSA) is 523 Å². The first-order chi connectivity index (χ1) is 41.9. The Balaban J connectivity index is 0.987. The fourth-order valence-electron chi connectivity index (χ4n) is 16.0. The molecule has 1 spiro atoms. The Kier molecular flexibility index (Phi) is 23.0. The van der Waals surface area contributed by atoms with Crippen LogP contribution in [0, 0.1) is 28.1 Å². The van der Waals surface area contributed by atoms with Gasteiger partial charge in [-0.2, -0.15) is 0 Å². The second kappa shape index (κ2) is 28.4. The number of carbonyl (C=O) groups is 1. The average Bonchev–Trinajstić information content (AvgIpc) is 1.65. The first kappa shape index (κ1) is 72.0. The van der Waals surface area contributed by atoms with Crippen molar-refractivity contribution in [3.8, 4) is 0 Å². The third kappa shape index (κ3) is 13.3. The maximum absolute atomic E-state index is 15.3. The van der Waals surface area contributed by atoms with Gasteiger partial charge in [0.2, 0.25) is 6.29 Å². The quantitative estimate of drug-likeness (QED) is 0.0127. The number of aliphatic hydroxyl groups is 20. The molecule has 32 nitrogen and oxygen atoms in total. The van der Waals surface area contributed by atoms with Crippen molar-refractivity contribution in [2.24, 2.45) is 28.1 Å². The summed E-state index contributed by atoms with van der Waals surface area (Å²) in [5.41, 5.74) is -3.25. The number of carbonyl (C=O) groups excluding carboxylic acids is 1. The van der Waals surface area contributed by atoms with Crippen LogP contribution in [0.5, 0.6) is 0 Å². The van der Waals surface area contributed by atoms with Crippen molar-refractivity contribution >= 4 is 28.6 Å². The molecule has 20 N–H and O–H groups in total. The fraction of sp³-hybridized carbons (Fsp3) is 0.946. The summed E-state index contributed by atoms with van der Waals surface area (Å²) in [6, 6.07) is 0. The number of fused-ring (bicyclic) bond motifs is 3. The molecule has 4 aliphatic carbocycles. The molecule has 5 saturated heterocycles. The summed E-state index contributed by atoms with van der Waals surface area (Å²) in [5.74, 6) is -1.46. The lowest BCUT2D eigenvalue weighted by Crippen LogP contribution is -2.68. The molecule has 5 aliphatic heterocycles. The number of ether oxygens (including phenoxy) is 11. The van der Waals surface area contributed by atoms with E-state index in [1.165, 1.54) is 6.92 Å². The third-order valence-electron chi connectivity index (χ3n) is 20.9. The summed E-state index contributed by atoms with van der Waals surface area (Å²) in [6.07, 6.45) is -51.1. The second-order valence-corrected chi connectivity index (χ2v) is 28.2. The highest BCUT2D eigenvalue weighted by Gasteiger charge is 2.70. The fourth-order valence-corrected chi connectivity index (χ4v) is 16.4. The highest BCUT2D eigenvalue weighted by atomic mass is 127. The molecular formula is C56H91IO32. The molecule has 36 atom stereocenters. The zero-order valence-corrected chi connectivity index (χ0v) is 51.5. The molecule has 0 aromatic heterocycles. The molecular weight excluding hydrogens is 1310 g/mol. The minimum atomic E-state index is -2.46. The highest BCUT2D eigenvalue weighted by molar-refractivity contribution is 14.1. The molecule has 9 fully saturated rings. The molecule has 9 aliphatic rings. The number of hydrogen-bond donors (Lipinski definition) is 20. The first-order valence-electron chi connectivity index (χ1n) is 30.3. The number of aliphatic hydroxyl groups excluding tert-OH is 20. The molecule has 89 heavy (non-hydrogen) atoms. The van der Waals surface area contributed by atoms with Gasteiger partial charge >= 0.3 is 5.97 Å². The van der Waals surface area contributed by atoms with Gasteiger partial charge in [-0.05, 0) is 86.5 Å². The molecule has 33 heteroatoms. The first-order valence-corrected chi connectivity index (χ1v) is 31.5. The van der Waals surface area contributed by atoms with E-state index in [9.17, 15) is 102 Å². The van der Waals surface area contributed by atoms with Gasteiger partial charge in [0, 0.05) is 3.92 Å². The monoisotopic (exact) mass is 1400 g/mol. The van der Waals surface area contributed by atoms with E-state index in [0.29, 0.717) is 44.1 Å². The Morgan fingerprint density at radius 2 is 0.955 bits per heavy atom. The minimum absolute atomic E-state index is 0.157. The van der Waals surface area contributed by atoms with Crippen LogP contribution in [0.1, 0.15) is 78.6 Å². The number of halogens is 1. The van der Waals surface area contributed by atoms with E-state index in [-0.39, 0.29) is 25.2 Å². The van der Waals surface area contributed by atoms with Crippen LogP contribution >= 0.6 is 22.6 Å². The number of rotatable bonds is 21. The molecule has 36 unspecified atom stereocenters. The molecule has 4 saturated carbocycles. The number of alkyl halides is 1. The summed E-state index contributed by atoms with van der Waals surface area (Å²) >= 11 is 1.77. The lowest BCUT2D eigenvalue weighted by Gasteiger charge is -2.64. The summed E-state index contributed by atoms with van der Waals surface area (Å²) in [6.45, 7) is 5.40. The number of hydrogen-bond acceptors (Lipinski definition) is 32. The number of esters is 1. The zero-order valence-electron chi connectivity index (χ0n) is 49.3. The van der Waals surface area contributed by atoms with Crippen molar-refractivity contribution in [3.05, 3.63) is 12.2 Å². The van der Waals surface area contributed by atoms with Crippen molar-refractivity contribution in [2.75, 3.05) is 33.0 Å². The van der Waals surface area contributed by atoms with Gasteiger partial charge in [0.25, 0.3) is 0 Å². The van der Waals surface area contributed by atoms with Crippen molar-refractivity contribution in [1.82, 2.24) is 0 Å². The Morgan fingerprint density at radius 3 is 1.43 bits per heavy atom. The molecule has 0 aromatic rings. The van der Waals surface area contributed by atoms with E-state index >= 15 is 4.79 Å². The van der Waals surface area contributed by atoms with Gasteiger partial charge in [0.1, 0.15) is 128 Å². The highest BCUT2D eigenvalue weighted by Crippen LogP contribution is 2.74. The third-order valence-corrected chi connectivity index (χ3v) is 21.7. The Hall–Kier alpha value is -1.26. The standard InChI is InChI=1S/C56H91IO32/c1-19-12-55-10-6-26-53(3,8-5-9-54(26,4)52(78)88-50-44(84-46(77)38(73)34(69)28(63)20(2)57)42(32(67)24(16-61)82-50)85-47-39(74)35(70)29(64)21(13-58)79-47)27(55)7-11-56(19,18-55)89-51-45(87-49-41(76)37(72)31(66)23(15-60)81-49)43(33(68)25(17-62)83-51)86-48-40(75)36(71)30(65)22(14-59)80-48/h20-51,58-77H,1,5-18H2,2-4H3.